The van der Waals surface area contributed by atoms with Crippen LogP contribution >= 0.6 is 12.4 Å². The molecule has 7 nitrogen and oxygen atoms in total. The van der Waals surface area contributed by atoms with Gasteiger partial charge >= 0.3 is 0 Å². The Hall–Kier alpha value is -2.12. The molecule has 144 valence electrons. The summed E-state index contributed by atoms with van der Waals surface area (Å²) >= 11 is 0. The number of hydrogen-bond donors (Lipinski definition) is 3. The Labute approximate surface area is 160 Å². The molecular formula is C18H27ClN4O3. The van der Waals surface area contributed by atoms with Crippen molar-refractivity contribution in [3.05, 3.63) is 29.3 Å². The number of halogens is 1. The Kier molecular flexibility index (Phi) is 7.59. The number of nitrogens with one attached hydrogen (secondary N) is 2. The molecular weight excluding hydrogens is 356 g/mol. The number of rotatable bonds is 6. The third-order valence-electron chi connectivity index (χ3n) is 4.50. The molecule has 0 radical (unpaired) electrons. The number of benzene rings is 1. The van der Waals surface area contributed by atoms with Gasteiger partial charge in [-0.2, -0.15) is 0 Å². The van der Waals surface area contributed by atoms with Crippen molar-refractivity contribution in [1.82, 2.24) is 10.6 Å². The first kappa shape index (κ1) is 21.9. The number of hydrogen-bond acceptors (Lipinski definition) is 4. The summed E-state index contributed by atoms with van der Waals surface area (Å²) in [5.41, 5.74) is 8.52. The fourth-order valence-electron chi connectivity index (χ4n) is 2.72. The molecule has 0 bridgehead atoms. The molecule has 26 heavy (non-hydrogen) atoms. The zero-order valence-corrected chi connectivity index (χ0v) is 16.4. The van der Waals surface area contributed by atoms with Crippen molar-refractivity contribution in [3.8, 4) is 0 Å². The zero-order valence-electron chi connectivity index (χ0n) is 15.5. The number of likely N-dealkylation sites (N-methyl/N-ethyl adjacent to an activating group) is 1. The molecule has 0 spiro atoms. The van der Waals surface area contributed by atoms with E-state index in [4.69, 9.17) is 5.73 Å². The van der Waals surface area contributed by atoms with Crippen LogP contribution in [0.15, 0.2) is 18.2 Å². The highest BCUT2D eigenvalue weighted by atomic mass is 35.5. The largest absolute Gasteiger partial charge is 0.348 e. The summed E-state index contributed by atoms with van der Waals surface area (Å²) in [5, 5.41) is 5.39. The van der Waals surface area contributed by atoms with E-state index in [2.05, 4.69) is 10.6 Å². The van der Waals surface area contributed by atoms with E-state index in [0.717, 1.165) is 16.8 Å². The molecule has 4 N–H and O–H groups in total. The van der Waals surface area contributed by atoms with Crippen molar-refractivity contribution in [2.45, 2.75) is 39.3 Å². The van der Waals surface area contributed by atoms with Crippen LogP contribution in [-0.4, -0.2) is 37.4 Å². The lowest BCUT2D eigenvalue weighted by Gasteiger charge is -2.18. The lowest BCUT2D eigenvalue weighted by molar-refractivity contribution is -0.127. The molecule has 0 aromatic heterocycles. The van der Waals surface area contributed by atoms with E-state index < -0.39 is 6.04 Å². The molecule has 1 unspecified atom stereocenters. The summed E-state index contributed by atoms with van der Waals surface area (Å²) in [5.74, 6) is -0.551. The molecule has 8 heteroatoms. The topological polar surface area (TPSA) is 105 Å². The first-order valence-electron chi connectivity index (χ1n) is 8.42. The fourth-order valence-corrected chi connectivity index (χ4v) is 2.72. The predicted octanol–water partition coefficient (Wildman–Crippen LogP) is 0.904. The van der Waals surface area contributed by atoms with Gasteiger partial charge in [0.25, 0.3) is 0 Å². The van der Waals surface area contributed by atoms with Gasteiger partial charge in [0.2, 0.25) is 17.7 Å². The second-order valence-corrected chi connectivity index (χ2v) is 6.79. The highest BCUT2D eigenvalue weighted by molar-refractivity contribution is 6.01. The van der Waals surface area contributed by atoms with Crippen molar-refractivity contribution in [3.63, 3.8) is 0 Å². The van der Waals surface area contributed by atoms with Crippen molar-refractivity contribution < 1.29 is 14.4 Å². The minimum atomic E-state index is -0.628. The van der Waals surface area contributed by atoms with Gasteiger partial charge in [-0.1, -0.05) is 26.0 Å². The smallest absolute Gasteiger partial charge is 0.239 e. The van der Waals surface area contributed by atoms with Gasteiger partial charge in [-0.3, -0.25) is 14.4 Å². The number of fused-ring (bicyclic) bond motifs is 1. The van der Waals surface area contributed by atoms with Gasteiger partial charge in [0.15, 0.2) is 0 Å². The molecule has 0 aliphatic carbocycles. The van der Waals surface area contributed by atoms with E-state index >= 15 is 0 Å². The highest BCUT2D eigenvalue weighted by Crippen LogP contribution is 2.30. The number of nitrogens with zero attached hydrogens (tertiary/aromatic N) is 1. The average molecular weight is 383 g/mol. The second kappa shape index (κ2) is 9.00. The zero-order chi connectivity index (χ0) is 18.7. The highest BCUT2D eigenvalue weighted by Gasteiger charge is 2.25. The Bertz CT molecular complexity index is 693. The maximum Gasteiger partial charge on any atom is 0.239 e. The minimum Gasteiger partial charge on any atom is -0.348 e. The second-order valence-electron chi connectivity index (χ2n) is 6.79. The molecule has 1 aromatic rings. The van der Waals surface area contributed by atoms with Crippen molar-refractivity contribution in [1.29, 1.82) is 0 Å². The van der Waals surface area contributed by atoms with Crippen LogP contribution in [0, 0.1) is 5.92 Å². The molecule has 2 rings (SSSR count). The number of amides is 3. The van der Waals surface area contributed by atoms with E-state index in [1.807, 2.05) is 39.0 Å². The number of nitrogens with two attached hydrogens (primary N) is 1. The molecule has 1 aliphatic rings. The normalized spacial score (nSPS) is 15.2. The van der Waals surface area contributed by atoms with Gasteiger partial charge in [0.1, 0.15) is 0 Å². The first-order valence-corrected chi connectivity index (χ1v) is 8.42. The van der Waals surface area contributed by atoms with E-state index in [9.17, 15) is 14.4 Å². The van der Waals surface area contributed by atoms with Crippen molar-refractivity contribution in [2.24, 2.45) is 11.7 Å². The van der Waals surface area contributed by atoms with E-state index in [-0.39, 0.29) is 48.6 Å². The van der Waals surface area contributed by atoms with Crippen LogP contribution in [0.3, 0.4) is 0 Å². The Morgan fingerprint density at radius 3 is 2.54 bits per heavy atom. The van der Waals surface area contributed by atoms with Crippen LogP contribution < -0.4 is 21.3 Å². The van der Waals surface area contributed by atoms with Crippen LogP contribution in [-0.2, 0) is 20.8 Å². The van der Waals surface area contributed by atoms with Gasteiger partial charge in [-0.05, 0) is 30.0 Å². The van der Waals surface area contributed by atoms with Crippen molar-refractivity contribution in [2.75, 3.05) is 18.5 Å². The fraction of sp³-hybridized carbons (Fsp3) is 0.500. The molecule has 1 aromatic carbocycles. The van der Waals surface area contributed by atoms with Gasteiger partial charge in [0.05, 0.1) is 25.0 Å². The van der Waals surface area contributed by atoms with Crippen LogP contribution in [0.5, 0.6) is 0 Å². The molecule has 1 aliphatic heterocycles. The van der Waals surface area contributed by atoms with E-state index in [1.54, 1.807) is 11.9 Å². The Morgan fingerprint density at radius 1 is 1.27 bits per heavy atom. The summed E-state index contributed by atoms with van der Waals surface area (Å²) in [6, 6.07) is 4.87. The molecule has 0 saturated carbocycles. The molecule has 3 amide bonds. The summed E-state index contributed by atoms with van der Waals surface area (Å²) in [6.45, 7) is 5.45. The number of carbonyl (C=O) groups is 3. The maximum atomic E-state index is 12.0. The minimum absolute atomic E-state index is 0. The van der Waals surface area contributed by atoms with Crippen molar-refractivity contribution >= 4 is 35.8 Å². The SMILES string of the molecule is CC(NC(=O)CNC(=O)[C@@H](N)C(C)C)c1ccc2c(c1)CC(=O)N2C.Cl. The Balaban J connectivity index is 0.00000338. The van der Waals surface area contributed by atoms with Gasteiger partial charge < -0.3 is 21.3 Å². The first-order chi connectivity index (χ1) is 11.7. The molecule has 1 heterocycles. The molecule has 2 atom stereocenters. The maximum absolute atomic E-state index is 12.0. The third-order valence-corrected chi connectivity index (χ3v) is 4.50. The van der Waals surface area contributed by atoms with Crippen LogP contribution in [0.4, 0.5) is 5.69 Å². The monoisotopic (exact) mass is 382 g/mol. The Morgan fingerprint density at radius 2 is 1.92 bits per heavy atom. The van der Waals surface area contributed by atoms with Crippen LogP contribution in [0.25, 0.3) is 0 Å². The van der Waals surface area contributed by atoms with Gasteiger partial charge in [-0.15, -0.1) is 12.4 Å². The quantitative estimate of drug-likeness (QED) is 0.679. The average Bonchev–Trinajstić information content (AvgIpc) is 2.85. The lowest BCUT2D eigenvalue weighted by Crippen LogP contribution is -2.47. The van der Waals surface area contributed by atoms with E-state index in [0.29, 0.717) is 6.42 Å². The van der Waals surface area contributed by atoms with Gasteiger partial charge in [-0.25, -0.2) is 0 Å². The lowest BCUT2D eigenvalue weighted by atomic mass is 10.0. The van der Waals surface area contributed by atoms with Crippen LogP contribution in [0.1, 0.15) is 37.9 Å². The number of carbonyl (C=O) groups excluding carboxylic acids is 3. The van der Waals surface area contributed by atoms with E-state index in [1.165, 1.54) is 0 Å². The summed E-state index contributed by atoms with van der Waals surface area (Å²) < 4.78 is 0. The number of anilines is 1. The third kappa shape index (κ3) is 4.95. The van der Waals surface area contributed by atoms with Crippen LogP contribution in [0.2, 0.25) is 0 Å². The van der Waals surface area contributed by atoms with Gasteiger partial charge in [0, 0.05) is 12.7 Å². The predicted molar refractivity (Wildman–Crippen MR) is 103 cm³/mol. The summed E-state index contributed by atoms with van der Waals surface area (Å²) in [6.07, 6.45) is 0.378. The summed E-state index contributed by atoms with van der Waals surface area (Å²) in [7, 11) is 1.75. The molecule has 0 saturated heterocycles. The standard InChI is InChI=1S/C18H26N4O3.ClH/c1-10(2)17(19)18(25)20-9-15(23)21-11(3)12-5-6-14-13(7-12)8-16(24)22(14)4;/h5-7,10-11,17H,8-9,19H2,1-4H3,(H,20,25)(H,21,23);1H/t11?,17-;/m0./s1. The molecule has 0 fully saturated rings. The summed E-state index contributed by atoms with van der Waals surface area (Å²) in [4.78, 5) is 37.2.